The Morgan fingerprint density at radius 2 is 1.18 bits per heavy atom. The SMILES string of the molecule is C1=CCN=C1.C1=CN=CC1.C1=NC=NC1.C1=NCN=C1.CN1C=CN(C)C1.Cn1cccn1.Cn1ccnc1.Cn1ccnn1.Cn1cncn1.Cn1cnnn1.Cn1nccn1.c1cnoc1.c1cnoc1.c1cnon1.c1cnsn1.c1cocn1.c1conn1.c1cscn1.c1csnn1.c1ncon1.c1ncsn1.c1nnco1.c1nncs1. The van der Waals surface area contributed by atoms with Crippen molar-refractivity contribution in [3.63, 3.8) is 0 Å². The molecule has 0 atom stereocenters. The predicted molar refractivity (Wildman–Crippen MR) is 455 cm³/mol. The van der Waals surface area contributed by atoms with Crippen molar-refractivity contribution < 1.29 is 31.6 Å². The van der Waals surface area contributed by atoms with Gasteiger partial charge in [0.25, 0.3) is 0 Å². The van der Waals surface area contributed by atoms with Gasteiger partial charge in [-0.25, -0.2) is 39.2 Å². The maximum absolute atomic E-state index is 4.47. The Kier molecular flexibility index (Phi) is 75.1. The first-order valence-electron chi connectivity index (χ1n) is 33.9. The van der Waals surface area contributed by atoms with E-state index in [1.807, 2.05) is 86.4 Å². The summed E-state index contributed by atoms with van der Waals surface area (Å²) in [5.41, 5.74) is 6.83. The summed E-state index contributed by atoms with van der Waals surface area (Å²) in [5, 5.41) is 75.9. The number of oxazole rings is 1. The Hall–Kier alpha value is -16.2. The number of hydrogen-bond donors (Lipinski definition) is 0. The number of aromatic nitrogens is 37. The first-order chi connectivity index (χ1) is 60.7. The summed E-state index contributed by atoms with van der Waals surface area (Å²) in [6.45, 7) is 3.33. The Morgan fingerprint density at radius 3 is 1.36 bits per heavy atom. The molecule has 0 aliphatic carbocycles. The van der Waals surface area contributed by atoms with Gasteiger partial charge < -0.3 is 41.3 Å². The van der Waals surface area contributed by atoms with E-state index in [-0.39, 0.29) is 0 Å². The first-order valence-corrected chi connectivity index (χ1v) is 38.2. The van der Waals surface area contributed by atoms with E-state index < -0.39 is 0 Å². The molecule has 23 heterocycles. The Labute approximate surface area is 722 Å². The van der Waals surface area contributed by atoms with Crippen LogP contribution in [0.2, 0.25) is 0 Å². The molecule has 18 aromatic heterocycles. The van der Waals surface area contributed by atoms with Crippen LogP contribution in [0.25, 0.3) is 0 Å². The molecular weight excluding hydrogens is 1700 g/mol. The number of aryl methyl sites for hydroxylation is 6. The maximum atomic E-state index is 4.47. The summed E-state index contributed by atoms with van der Waals surface area (Å²) in [4.78, 5) is 50.1. The average Bonchev–Trinajstić information content (AvgIpc) is 1.84. The van der Waals surface area contributed by atoms with Crippen molar-refractivity contribution in [2.45, 2.75) is 6.42 Å². The highest BCUT2D eigenvalue weighted by molar-refractivity contribution is 7.07. The van der Waals surface area contributed by atoms with Crippen LogP contribution in [0, 0.1) is 0 Å². The summed E-state index contributed by atoms with van der Waals surface area (Å²) in [7, 11) is 15.1. The number of rotatable bonds is 0. The number of hydrogen-bond acceptors (Lipinski definition) is 51. The lowest BCUT2D eigenvalue weighted by Crippen LogP contribution is -2.17. The first kappa shape index (κ1) is 105. The molecule has 0 N–H and O–H groups in total. The molecule has 0 radical (unpaired) electrons. The van der Waals surface area contributed by atoms with Gasteiger partial charge in [-0.3, -0.25) is 44.0 Å². The van der Waals surface area contributed by atoms with Crippen LogP contribution in [0.3, 0.4) is 0 Å². The van der Waals surface area contributed by atoms with Gasteiger partial charge in [0.2, 0.25) is 19.2 Å². The summed E-state index contributed by atoms with van der Waals surface area (Å²) in [6, 6.07) is 5.33. The molecular formula is C66H87N45O7S5. The summed E-state index contributed by atoms with van der Waals surface area (Å²) >= 11 is 7.01. The number of nitrogens with zero attached hydrogens (tertiary/aromatic N) is 45. The van der Waals surface area contributed by atoms with Crippen molar-refractivity contribution in [3.8, 4) is 0 Å². The lowest BCUT2D eigenvalue weighted by atomic mass is 10.5. The second kappa shape index (κ2) is 88.2. The van der Waals surface area contributed by atoms with Crippen LogP contribution in [0.5, 0.6) is 0 Å². The average molecular weight is 1780 g/mol. The summed E-state index contributed by atoms with van der Waals surface area (Å²) in [6.07, 6.45) is 73.6. The topological polar surface area (TPSA) is 602 Å². The highest BCUT2D eigenvalue weighted by Crippen LogP contribution is 1.98. The fourth-order valence-electron chi connectivity index (χ4n) is 5.24. The number of thiazole rings is 1. The Bertz CT molecular complexity index is 3680. The predicted octanol–water partition coefficient (Wildman–Crippen LogP) is 7.19. The van der Waals surface area contributed by atoms with Crippen LogP contribution >= 0.6 is 57.5 Å². The van der Waals surface area contributed by atoms with Crippen LogP contribution in [-0.4, -0.2) is 271 Å². The van der Waals surface area contributed by atoms with Gasteiger partial charge >= 0.3 is 0 Å². The van der Waals surface area contributed by atoms with Crippen molar-refractivity contribution in [1.29, 1.82) is 0 Å². The van der Waals surface area contributed by atoms with Gasteiger partial charge in [-0.15, -0.1) is 63.5 Å². The smallest absolute Gasteiger partial charge is 0.213 e. The third-order valence-electron chi connectivity index (χ3n) is 9.97. The van der Waals surface area contributed by atoms with E-state index in [9.17, 15) is 0 Å². The highest BCUT2D eigenvalue weighted by Gasteiger charge is 1.99. The third kappa shape index (κ3) is 86.5. The molecule has 57 heteroatoms. The number of imidazole rings is 1. The lowest BCUT2D eigenvalue weighted by Gasteiger charge is -2.10. The third-order valence-corrected chi connectivity index (χ3v) is 12.2. The van der Waals surface area contributed by atoms with E-state index in [0.29, 0.717) is 6.67 Å². The second-order valence-corrected chi connectivity index (χ2v) is 22.7. The molecule has 648 valence electrons. The fraction of sp³-hybridized carbons (Fsp3) is 0.197. The summed E-state index contributed by atoms with van der Waals surface area (Å²) in [5.74, 6) is 0. The molecule has 0 unspecified atom stereocenters. The minimum Gasteiger partial charge on any atom is -0.452 e. The zero-order valence-electron chi connectivity index (χ0n) is 67.2. The van der Waals surface area contributed by atoms with E-state index >= 15 is 0 Å². The van der Waals surface area contributed by atoms with Crippen molar-refractivity contribution >= 4 is 94.9 Å². The normalized spacial score (nSPS) is 10.4. The van der Waals surface area contributed by atoms with E-state index in [1.54, 1.807) is 204 Å². The molecule has 0 spiro atoms. The number of allylic oxidation sites excluding steroid dienone is 2. The van der Waals surface area contributed by atoms with Crippen molar-refractivity contribution in [2.24, 2.45) is 72.2 Å². The monoisotopic (exact) mass is 1780 g/mol. The fourth-order valence-corrected chi connectivity index (χ4v) is 6.68. The Morgan fingerprint density at radius 1 is 0.398 bits per heavy atom. The zero-order valence-corrected chi connectivity index (χ0v) is 71.2. The molecule has 0 fully saturated rings. The van der Waals surface area contributed by atoms with Crippen molar-refractivity contribution in [2.75, 3.05) is 40.5 Å². The minimum atomic E-state index is 0.639. The van der Waals surface area contributed by atoms with E-state index in [4.69, 9.17) is 0 Å². The molecule has 0 aromatic carbocycles. The second-order valence-electron chi connectivity index (χ2n) is 19.4. The van der Waals surface area contributed by atoms with E-state index in [0.717, 1.165) is 26.2 Å². The molecule has 23 rings (SSSR count). The number of tetrazole rings is 1. The van der Waals surface area contributed by atoms with Gasteiger partial charge in [-0.05, 0) is 57.8 Å². The molecule has 52 nitrogen and oxygen atoms in total. The standard InChI is InChI=1S/C5H10N2.2C4H6N2.2C4H5N.3C3H5N3.2C3H4N2.3C3H3NO.C3H3NS.C2H4N4.4C2H2N2O.4C2H2N2S/c1-6-3-4-7(2)5-6;1-6-3-2-5-4-6;1-6-4-2-3-5-6;2*1-2-4-5-3-1;1-6-3-4-2-5-6;1-6-3-2-4-5-6;1-6-4-2-3-5-6;3*1-2-5-3-4-1;2*1-2-4-5-3-1;1-2-5-3-4-1;1-6-2-3-4-5-6;1-3-4-2-5-1;1-3-2-5-4-1;1-2-5-4-3-1;1-2-4-5-3-1;1-3-4-2-5-1;1-3-2-5-4-1;1-2-5-4-3-1;1-2-4-5-3-1/h3-4H,5H2,1-2H3;2*2-4H,1H3;1,3-4H,2H2;1-3H,4H2;3*2-3H,1H3;1,3H,2H2;1-2H,3H2;4*1-3H;2H,1H3;8*1-2H. The van der Waals surface area contributed by atoms with Gasteiger partial charge in [0, 0.05) is 166 Å². The van der Waals surface area contributed by atoms with Crippen LogP contribution in [0.1, 0.15) is 6.42 Å². The van der Waals surface area contributed by atoms with Crippen molar-refractivity contribution in [3.05, 3.63) is 288 Å². The van der Waals surface area contributed by atoms with Gasteiger partial charge in [0.15, 0.2) is 12.7 Å². The molecule has 5 aliphatic heterocycles. The van der Waals surface area contributed by atoms with E-state index in [2.05, 4.69) is 253 Å². The van der Waals surface area contributed by atoms with Gasteiger partial charge in [-0.2, -0.15) is 38.3 Å². The van der Waals surface area contributed by atoms with E-state index in [1.165, 1.54) is 150 Å². The summed E-state index contributed by atoms with van der Waals surface area (Å²) < 4.78 is 52.9. The van der Waals surface area contributed by atoms with Crippen LogP contribution in [0.15, 0.2) is 349 Å². The largest absolute Gasteiger partial charge is 0.452 e. The van der Waals surface area contributed by atoms with Crippen LogP contribution in [0.4, 0.5) is 0 Å². The zero-order chi connectivity index (χ0) is 88.3. The van der Waals surface area contributed by atoms with Gasteiger partial charge in [-0.1, -0.05) is 47.6 Å². The Balaban J connectivity index is 0.000000643. The number of aliphatic imine (C=N–C) groups is 6. The van der Waals surface area contributed by atoms with Gasteiger partial charge in [0.1, 0.15) is 79.9 Å². The lowest BCUT2D eigenvalue weighted by molar-refractivity contribution is 0.307. The molecule has 18 aromatic rings. The maximum Gasteiger partial charge on any atom is 0.213 e. The van der Waals surface area contributed by atoms with Crippen LogP contribution in [-0.2, 0) is 42.3 Å². The van der Waals surface area contributed by atoms with Crippen molar-refractivity contribution in [1.82, 2.24) is 193 Å². The molecule has 0 saturated carbocycles. The van der Waals surface area contributed by atoms with Crippen LogP contribution < -0.4 is 0 Å². The quantitative estimate of drug-likeness (QED) is 0.145. The van der Waals surface area contributed by atoms with Gasteiger partial charge in [0.05, 0.1) is 118 Å². The highest BCUT2D eigenvalue weighted by atomic mass is 32.1. The minimum absolute atomic E-state index is 0.639. The molecule has 0 saturated heterocycles. The molecule has 5 aliphatic rings. The molecule has 0 amide bonds. The molecule has 0 bridgehead atoms. The molecule has 123 heavy (non-hydrogen) atoms.